The third-order valence-electron chi connectivity index (χ3n) is 9.01. The molecule has 250 valence electrons. The van der Waals surface area contributed by atoms with Crippen molar-refractivity contribution in [2.75, 3.05) is 23.3 Å². The molecule has 2 aliphatic rings. The first-order valence-corrected chi connectivity index (χ1v) is 16.5. The quantitative estimate of drug-likeness (QED) is 0.234. The number of benzene rings is 2. The molecule has 3 aromatic rings. The van der Waals surface area contributed by atoms with Crippen molar-refractivity contribution >= 4 is 63.4 Å². The molecule has 2 fully saturated rings. The molecule has 46 heavy (non-hydrogen) atoms. The van der Waals surface area contributed by atoms with Gasteiger partial charge in [-0.1, -0.05) is 69.3 Å². The monoisotopic (exact) mass is 680 g/mol. The summed E-state index contributed by atoms with van der Waals surface area (Å²) in [6.07, 6.45) is 0.733. The Kier molecular flexibility index (Phi) is 10.0. The second-order valence-corrected chi connectivity index (χ2v) is 14.2. The minimum Gasteiger partial charge on any atom is -0.371 e. The maximum atomic E-state index is 13.7. The Balaban J connectivity index is 1.47. The van der Waals surface area contributed by atoms with Crippen LogP contribution in [0, 0.1) is 11.3 Å². The van der Waals surface area contributed by atoms with Crippen LogP contribution in [0.2, 0.25) is 10.0 Å². The van der Waals surface area contributed by atoms with E-state index in [-0.39, 0.29) is 50.3 Å². The number of aromatic nitrogens is 2. The van der Waals surface area contributed by atoms with Crippen LogP contribution in [-0.4, -0.2) is 46.7 Å². The lowest BCUT2D eigenvalue weighted by Gasteiger charge is -2.35. The van der Waals surface area contributed by atoms with Crippen LogP contribution in [-0.2, 0) is 18.4 Å². The van der Waals surface area contributed by atoms with Crippen molar-refractivity contribution in [1.29, 1.82) is 0 Å². The summed E-state index contributed by atoms with van der Waals surface area (Å²) in [5.41, 5.74) is 2.71. The molecule has 0 atom stereocenters. The van der Waals surface area contributed by atoms with Crippen molar-refractivity contribution in [3.63, 3.8) is 0 Å². The summed E-state index contributed by atoms with van der Waals surface area (Å²) in [6.45, 7) is 6.05. The van der Waals surface area contributed by atoms with Gasteiger partial charge in [-0.3, -0.25) is 9.59 Å². The number of imidazole rings is 1. The number of nitrogens with zero attached hydrogens (tertiary/aromatic N) is 3. The number of nitrogens with one attached hydrogen (secondary N) is 3. The fourth-order valence-electron chi connectivity index (χ4n) is 6.14. The summed E-state index contributed by atoms with van der Waals surface area (Å²) in [5.74, 6) is -1.32. The average molecular weight is 682 g/mol. The van der Waals surface area contributed by atoms with Gasteiger partial charge in [-0.25, -0.2) is 4.98 Å². The topological polar surface area (TPSA) is 91.3 Å². The van der Waals surface area contributed by atoms with E-state index in [1.54, 1.807) is 29.8 Å². The SMILES string of the molecule is Cn1c(Nc2c(Cl)ccc(CNC(=O)C(C)(C)C)c2Cl)nc2cc(C(=O)NC3CCCCC3)c(N3CCC(C(F)(F)F)CC3)cc21. The highest BCUT2D eigenvalue weighted by atomic mass is 35.5. The Morgan fingerprint density at radius 2 is 1.67 bits per heavy atom. The molecule has 3 N–H and O–H groups in total. The molecule has 8 nitrogen and oxygen atoms in total. The first kappa shape index (κ1) is 34.2. The van der Waals surface area contributed by atoms with Crippen LogP contribution in [0.25, 0.3) is 11.0 Å². The highest BCUT2D eigenvalue weighted by molar-refractivity contribution is 6.39. The standard InChI is InChI=1S/C33H41Cl2F3N6O2/c1-32(2,3)30(46)39-18-19-10-11-23(34)28(27(19)35)42-31-41-24-16-22(29(45)40-21-8-6-5-7-9-21)25(17-26(24)43(31)4)44-14-12-20(13-15-44)33(36,37)38/h10-11,16-17,20-21H,5-9,12-15,18H2,1-4H3,(H,39,46)(H,40,45)(H,41,42). The van der Waals surface area contributed by atoms with Gasteiger partial charge in [-0.15, -0.1) is 0 Å². The molecule has 5 rings (SSSR count). The molecule has 2 aromatic carbocycles. The second kappa shape index (κ2) is 13.5. The fourth-order valence-corrected chi connectivity index (χ4v) is 6.67. The molecule has 1 aliphatic heterocycles. The zero-order valence-corrected chi connectivity index (χ0v) is 28.1. The summed E-state index contributed by atoms with van der Waals surface area (Å²) < 4.78 is 42.1. The van der Waals surface area contributed by atoms with Crippen LogP contribution in [0.1, 0.15) is 81.6 Å². The maximum Gasteiger partial charge on any atom is 0.391 e. The van der Waals surface area contributed by atoms with E-state index in [1.807, 2.05) is 31.7 Å². The van der Waals surface area contributed by atoms with Crippen molar-refractivity contribution in [3.8, 4) is 0 Å². The number of fused-ring (bicyclic) bond motifs is 1. The van der Waals surface area contributed by atoms with Crippen molar-refractivity contribution in [3.05, 3.63) is 45.4 Å². The molecule has 1 saturated heterocycles. The van der Waals surface area contributed by atoms with Gasteiger partial charge in [-0.2, -0.15) is 13.2 Å². The third kappa shape index (κ3) is 7.51. The van der Waals surface area contributed by atoms with Crippen molar-refractivity contribution < 1.29 is 22.8 Å². The summed E-state index contributed by atoms with van der Waals surface area (Å²) in [5, 5.41) is 9.97. The number of alkyl halides is 3. The van der Waals surface area contributed by atoms with Gasteiger partial charge in [0.1, 0.15) is 0 Å². The van der Waals surface area contributed by atoms with Crippen LogP contribution in [0.15, 0.2) is 24.3 Å². The molecular formula is C33H41Cl2F3N6O2. The minimum absolute atomic E-state index is 0.0348. The number of amides is 2. The van der Waals surface area contributed by atoms with Crippen LogP contribution in [0.5, 0.6) is 0 Å². The minimum atomic E-state index is -4.24. The molecule has 0 bridgehead atoms. The second-order valence-electron chi connectivity index (χ2n) is 13.4. The Bertz CT molecular complexity index is 1600. The lowest BCUT2D eigenvalue weighted by atomic mass is 9.94. The first-order valence-electron chi connectivity index (χ1n) is 15.8. The Labute approximate surface area is 277 Å². The van der Waals surface area contributed by atoms with Gasteiger partial charge in [-0.05, 0) is 49.4 Å². The van der Waals surface area contributed by atoms with Gasteiger partial charge in [0.2, 0.25) is 11.9 Å². The number of halogens is 5. The number of carbonyl (C=O) groups excluding carboxylic acids is 2. The smallest absolute Gasteiger partial charge is 0.371 e. The van der Waals surface area contributed by atoms with E-state index in [9.17, 15) is 22.8 Å². The Morgan fingerprint density at radius 1 is 1.00 bits per heavy atom. The summed E-state index contributed by atoms with van der Waals surface area (Å²) in [4.78, 5) is 32.8. The predicted octanol–water partition coefficient (Wildman–Crippen LogP) is 8.13. The number of piperidine rings is 1. The molecule has 0 spiro atoms. The average Bonchev–Trinajstić information content (AvgIpc) is 3.31. The van der Waals surface area contributed by atoms with Crippen molar-refractivity contribution in [1.82, 2.24) is 20.2 Å². The van der Waals surface area contributed by atoms with Gasteiger partial charge in [0.15, 0.2) is 0 Å². The Hall–Kier alpha value is -3.18. The predicted molar refractivity (Wildman–Crippen MR) is 177 cm³/mol. The van der Waals surface area contributed by atoms with Gasteiger partial charge in [0.25, 0.3) is 5.91 Å². The van der Waals surface area contributed by atoms with Crippen molar-refractivity contribution in [2.45, 2.75) is 84.5 Å². The van der Waals surface area contributed by atoms with E-state index in [4.69, 9.17) is 28.2 Å². The van der Waals surface area contributed by atoms with Crippen LogP contribution < -0.4 is 20.9 Å². The zero-order valence-electron chi connectivity index (χ0n) is 26.6. The molecular weight excluding hydrogens is 640 g/mol. The molecule has 13 heteroatoms. The van der Waals surface area contributed by atoms with Crippen molar-refractivity contribution in [2.24, 2.45) is 18.4 Å². The highest BCUT2D eigenvalue weighted by Gasteiger charge is 2.41. The normalized spacial score (nSPS) is 16.9. The number of anilines is 3. The highest BCUT2D eigenvalue weighted by Crippen LogP contribution is 2.39. The lowest BCUT2D eigenvalue weighted by molar-refractivity contribution is -0.179. The largest absolute Gasteiger partial charge is 0.391 e. The molecule has 1 aromatic heterocycles. The molecule has 0 radical (unpaired) electrons. The van der Waals surface area contributed by atoms with Crippen LogP contribution in [0.4, 0.5) is 30.5 Å². The molecule has 1 aliphatic carbocycles. The van der Waals surface area contributed by atoms with E-state index in [0.717, 1.165) is 32.1 Å². The lowest BCUT2D eigenvalue weighted by Crippen LogP contribution is -2.41. The molecule has 1 saturated carbocycles. The number of rotatable bonds is 7. The first-order chi connectivity index (χ1) is 21.6. The van der Waals surface area contributed by atoms with Crippen LogP contribution >= 0.6 is 23.2 Å². The molecule has 2 heterocycles. The van der Waals surface area contributed by atoms with E-state index >= 15 is 0 Å². The van der Waals surface area contributed by atoms with E-state index < -0.39 is 17.5 Å². The fraction of sp³-hybridized carbons (Fsp3) is 0.545. The van der Waals surface area contributed by atoms with Crippen LogP contribution in [0.3, 0.4) is 0 Å². The number of aryl methyl sites for hydroxylation is 1. The summed E-state index contributed by atoms with van der Waals surface area (Å²) in [7, 11) is 1.80. The van der Waals surface area contributed by atoms with Gasteiger partial charge < -0.3 is 25.4 Å². The zero-order chi connectivity index (χ0) is 33.4. The summed E-state index contributed by atoms with van der Waals surface area (Å²) >= 11 is 13.3. The van der Waals surface area contributed by atoms with E-state index in [2.05, 4.69) is 16.0 Å². The number of hydrogen-bond acceptors (Lipinski definition) is 5. The van der Waals surface area contributed by atoms with Gasteiger partial charge >= 0.3 is 6.18 Å². The van der Waals surface area contributed by atoms with E-state index in [1.165, 1.54) is 0 Å². The molecule has 2 amide bonds. The number of hydrogen-bond donors (Lipinski definition) is 3. The maximum absolute atomic E-state index is 13.7. The Morgan fingerprint density at radius 3 is 2.30 bits per heavy atom. The molecule has 0 unspecified atom stereocenters. The number of carbonyl (C=O) groups is 2. The van der Waals surface area contributed by atoms with E-state index in [0.29, 0.717) is 49.5 Å². The summed E-state index contributed by atoms with van der Waals surface area (Å²) in [6, 6.07) is 7.04. The third-order valence-corrected chi connectivity index (χ3v) is 9.76. The van der Waals surface area contributed by atoms with Gasteiger partial charge in [0, 0.05) is 38.1 Å². The van der Waals surface area contributed by atoms with Gasteiger partial charge in [0.05, 0.1) is 43.9 Å².